The fourth-order valence-corrected chi connectivity index (χ4v) is 2.21. The van der Waals surface area contributed by atoms with E-state index in [9.17, 15) is 4.79 Å². The zero-order chi connectivity index (χ0) is 13.2. The normalized spacial score (nSPS) is 15.3. The van der Waals surface area contributed by atoms with Crippen molar-refractivity contribution >= 4 is 34.2 Å². The molecule has 2 N–H and O–H groups in total. The van der Waals surface area contributed by atoms with E-state index < -0.39 is 5.41 Å². The Kier molecular flexibility index (Phi) is 5.83. The SMILES string of the molecule is CC(C)(C(=O)NCC1CNC1)c1ccc(Br)cc1.Cl. The zero-order valence-electron chi connectivity index (χ0n) is 11.2. The molecule has 19 heavy (non-hydrogen) atoms. The van der Waals surface area contributed by atoms with E-state index in [2.05, 4.69) is 26.6 Å². The van der Waals surface area contributed by atoms with Gasteiger partial charge in [-0.25, -0.2) is 0 Å². The van der Waals surface area contributed by atoms with Crippen LogP contribution in [0.2, 0.25) is 0 Å². The Hall–Kier alpha value is -0.580. The Morgan fingerprint density at radius 2 is 1.95 bits per heavy atom. The van der Waals surface area contributed by atoms with Gasteiger partial charge < -0.3 is 10.6 Å². The molecule has 0 atom stereocenters. The number of nitrogens with one attached hydrogen (secondary N) is 2. The molecule has 0 radical (unpaired) electrons. The second-order valence-corrected chi connectivity index (χ2v) is 6.28. The van der Waals surface area contributed by atoms with E-state index in [4.69, 9.17) is 0 Å². The van der Waals surface area contributed by atoms with Gasteiger partial charge in [0.25, 0.3) is 0 Å². The van der Waals surface area contributed by atoms with E-state index in [1.54, 1.807) is 0 Å². The van der Waals surface area contributed by atoms with E-state index in [1.165, 1.54) is 0 Å². The molecule has 0 bridgehead atoms. The summed E-state index contributed by atoms with van der Waals surface area (Å²) >= 11 is 3.41. The third-order valence-corrected chi connectivity index (χ3v) is 4.08. The molecule has 0 unspecified atom stereocenters. The van der Waals surface area contributed by atoms with Crippen molar-refractivity contribution in [2.75, 3.05) is 19.6 Å². The van der Waals surface area contributed by atoms with Gasteiger partial charge in [0, 0.05) is 30.0 Å². The van der Waals surface area contributed by atoms with Gasteiger partial charge >= 0.3 is 0 Å². The van der Waals surface area contributed by atoms with Crippen LogP contribution in [0.15, 0.2) is 28.7 Å². The molecule has 0 aliphatic carbocycles. The first kappa shape index (κ1) is 16.5. The van der Waals surface area contributed by atoms with Crippen LogP contribution in [-0.2, 0) is 10.2 Å². The third kappa shape index (κ3) is 3.94. The Balaban J connectivity index is 0.00000180. The van der Waals surface area contributed by atoms with Gasteiger partial charge in [-0.2, -0.15) is 0 Å². The lowest BCUT2D eigenvalue weighted by Gasteiger charge is -2.30. The largest absolute Gasteiger partial charge is 0.355 e. The summed E-state index contributed by atoms with van der Waals surface area (Å²) in [7, 11) is 0. The highest BCUT2D eigenvalue weighted by molar-refractivity contribution is 9.10. The first-order valence-corrected chi connectivity index (χ1v) is 7.04. The summed E-state index contributed by atoms with van der Waals surface area (Å²) in [6.45, 7) is 6.72. The van der Waals surface area contributed by atoms with Gasteiger partial charge in [0.15, 0.2) is 0 Å². The number of hydrogen-bond donors (Lipinski definition) is 2. The van der Waals surface area contributed by atoms with Crippen LogP contribution in [0.3, 0.4) is 0 Å². The molecule has 0 saturated carbocycles. The van der Waals surface area contributed by atoms with Crippen LogP contribution in [0.4, 0.5) is 0 Å². The van der Waals surface area contributed by atoms with Crippen molar-refractivity contribution < 1.29 is 4.79 Å². The molecule has 1 amide bonds. The molecular formula is C14H20BrClN2O. The van der Waals surface area contributed by atoms with Gasteiger partial charge in [-0.1, -0.05) is 28.1 Å². The second-order valence-electron chi connectivity index (χ2n) is 5.37. The summed E-state index contributed by atoms with van der Waals surface area (Å²) < 4.78 is 1.03. The number of hydrogen-bond acceptors (Lipinski definition) is 2. The average molecular weight is 348 g/mol. The molecule has 1 saturated heterocycles. The van der Waals surface area contributed by atoms with E-state index in [1.807, 2.05) is 38.1 Å². The van der Waals surface area contributed by atoms with Crippen molar-refractivity contribution in [3.05, 3.63) is 34.3 Å². The summed E-state index contributed by atoms with van der Waals surface area (Å²) in [6, 6.07) is 7.93. The van der Waals surface area contributed by atoms with Crippen molar-refractivity contribution in [2.45, 2.75) is 19.3 Å². The highest BCUT2D eigenvalue weighted by atomic mass is 79.9. The van der Waals surface area contributed by atoms with E-state index in [0.717, 1.165) is 29.7 Å². The molecule has 1 heterocycles. The standard InChI is InChI=1S/C14H19BrN2O.ClH/c1-14(2,11-3-5-12(15)6-4-11)13(18)17-9-10-7-16-8-10;/h3-6,10,16H,7-9H2,1-2H3,(H,17,18);1H. The summed E-state index contributed by atoms with van der Waals surface area (Å²) in [5.74, 6) is 0.686. The molecule has 106 valence electrons. The van der Waals surface area contributed by atoms with Crippen molar-refractivity contribution in [3.8, 4) is 0 Å². The number of benzene rings is 1. The predicted molar refractivity (Wildman–Crippen MR) is 83.8 cm³/mol. The van der Waals surface area contributed by atoms with Crippen molar-refractivity contribution in [2.24, 2.45) is 5.92 Å². The molecule has 0 spiro atoms. The highest BCUT2D eigenvalue weighted by Crippen LogP contribution is 2.25. The van der Waals surface area contributed by atoms with Gasteiger partial charge in [0.05, 0.1) is 5.41 Å². The quantitative estimate of drug-likeness (QED) is 0.878. The Morgan fingerprint density at radius 1 is 1.37 bits per heavy atom. The average Bonchev–Trinajstić information content (AvgIpc) is 2.27. The van der Waals surface area contributed by atoms with E-state index in [-0.39, 0.29) is 18.3 Å². The zero-order valence-corrected chi connectivity index (χ0v) is 13.6. The maximum absolute atomic E-state index is 12.3. The van der Waals surface area contributed by atoms with Crippen LogP contribution in [0.25, 0.3) is 0 Å². The van der Waals surface area contributed by atoms with Gasteiger partial charge in [-0.15, -0.1) is 12.4 Å². The molecular weight excluding hydrogens is 328 g/mol. The summed E-state index contributed by atoms with van der Waals surface area (Å²) in [5, 5.41) is 6.25. The first-order valence-electron chi connectivity index (χ1n) is 6.25. The third-order valence-electron chi connectivity index (χ3n) is 3.55. The number of carbonyl (C=O) groups excluding carboxylic acids is 1. The Bertz CT molecular complexity index is 430. The lowest BCUT2D eigenvalue weighted by Crippen LogP contribution is -2.50. The van der Waals surface area contributed by atoms with Crippen molar-refractivity contribution in [1.29, 1.82) is 0 Å². The summed E-state index contributed by atoms with van der Waals surface area (Å²) in [5.41, 5.74) is 0.549. The minimum Gasteiger partial charge on any atom is -0.355 e. The molecule has 2 rings (SSSR count). The number of rotatable bonds is 4. The maximum atomic E-state index is 12.3. The Morgan fingerprint density at radius 3 is 2.42 bits per heavy atom. The lowest BCUT2D eigenvalue weighted by atomic mass is 9.83. The topological polar surface area (TPSA) is 41.1 Å². The van der Waals surface area contributed by atoms with Gasteiger partial charge in [0.2, 0.25) is 5.91 Å². The fourth-order valence-electron chi connectivity index (χ4n) is 1.95. The van der Waals surface area contributed by atoms with E-state index >= 15 is 0 Å². The fraction of sp³-hybridized carbons (Fsp3) is 0.500. The molecule has 1 aliphatic rings. The van der Waals surface area contributed by atoms with Crippen LogP contribution in [0, 0.1) is 5.92 Å². The molecule has 1 aliphatic heterocycles. The molecule has 1 aromatic carbocycles. The van der Waals surface area contributed by atoms with Crippen LogP contribution < -0.4 is 10.6 Å². The highest BCUT2D eigenvalue weighted by Gasteiger charge is 2.30. The second kappa shape index (κ2) is 6.73. The van der Waals surface area contributed by atoms with Crippen molar-refractivity contribution in [1.82, 2.24) is 10.6 Å². The number of carbonyl (C=O) groups is 1. The van der Waals surface area contributed by atoms with Crippen LogP contribution >= 0.6 is 28.3 Å². The smallest absolute Gasteiger partial charge is 0.230 e. The van der Waals surface area contributed by atoms with Gasteiger partial charge in [-0.05, 0) is 31.5 Å². The number of amides is 1. The Labute approximate surface area is 129 Å². The monoisotopic (exact) mass is 346 g/mol. The predicted octanol–water partition coefficient (Wildman–Crippen LogP) is 2.48. The molecule has 1 fully saturated rings. The van der Waals surface area contributed by atoms with Crippen LogP contribution in [-0.4, -0.2) is 25.5 Å². The summed E-state index contributed by atoms with van der Waals surface area (Å²) in [6.07, 6.45) is 0. The lowest BCUT2D eigenvalue weighted by molar-refractivity contribution is -0.125. The van der Waals surface area contributed by atoms with Crippen LogP contribution in [0.5, 0.6) is 0 Å². The molecule has 3 nitrogen and oxygen atoms in total. The summed E-state index contributed by atoms with van der Waals surface area (Å²) in [4.78, 5) is 12.3. The van der Waals surface area contributed by atoms with Gasteiger partial charge in [0.1, 0.15) is 0 Å². The first-order chi connectivity index (χ1) is 8.50. The van der Waals surface area contributed by atoms with Crippen molar-refractivity contribution in [3.63, 3.8) is 0 Å². The molecule has 5 heteroatoms. The minimum atomic E-state index is -0.488. The van der Waals surface area contributed by atoms with E-state index in [0.29, 0.717) is 5.92 Å². The molecule has 1 aromatic rings. The minimum absolute atomic E-state index is 0. The van der Waals surface area contributed by atoms with Gasteiger partial charge in [-0.3, -0.25) is 4.79 Å². The maximum Gasteiger partial charge on any atom is 0.230 e. The number of halogens is 2. The van der Waals surface area contributed by atoms with Crippen LogP contribution in [0.1, 0.15) is 19.4 Å². The molecule has 0 aromatic heterocycles.